The second-order valence-electron chi connectivity index (χ2n) is 3.27. The van der Waals surface area contributed by atoms with Crippen LogP contribution in [-0.4, -0.2) is 14.7 Å². The van der Waals surface area contributed by atoms with Crippen LogP contribution in [0.4, 0.5) is 17.2 Å². The van der Waals surface area contributed by atoms with Crippen LogP contribution in [0.2, 0.25) is 0 Å². The number of nitro benzene ring substituents is 1. The van der Waals surface area contributed by atoms with Crippen molar-refractivity contribution in [3.8, 4) is 0 Å². The van der Waals surface area contributed by atoms with Gasteiger partial charge in [-0.05, 0) is 6.07 Å². The zero-order valence-electron chi connectivity index (χ0n) is 8.62. The second kappa shape index (κ2) is 4.01. The fourth-order valence-electron chi connectivity index (χ4n) is 1.36. The molecule has 16 heavy (non-hydrogen) atoms. The van der Waals surface area contributed by atoms with E-state index in [4.69, 9.17) is 0 Å². The number of anilines is 2. The van der Waals surface area contributed by atoms with Gasteiger partial charge in [-0.2, -0.15) is 5.10 Å². The van der Waals surface area contributed by atoms with Crippen molar-refractivity contribution >= 4 is 17.2 Å². The van der Waals surface area contributed by atoms with E-state index in [1.165, 1.54) is 6.07 Å². The maximum Gasteiger partial charge on any atom is 0.292 e. The minimum atomic E-state index is -0.425. The molecule has 1 aromatic heterocycles. The Balaban J connectivity index is 2.31. The Morgan fingerprint density at radius 1 is 1.38 bits per heavy atom. The Morgan fingerprint density at radius 2 is 2.12 bits per heavy atom. The van der Waals surface area contributed by atoms with Crippen molar-refractivity contribution in [3.05, 3.63) is 46.6 Å². The molecule has 0 aliphatic heterocycles. The van der Waals surface area contributed by atoms with Crippen LogP contribution in [0.1, 0.15) is 0 Å². The number of nitro groups is 1. The molecule has 6 nitrogen and oxygen atoms in total. The van der Waals surface area contributed by atoms with Crippen LogP contribution < -0.4 is 5.32 Å². The summed E-state index contributed by atoms with van der Waals surface area (Å²) in [5.74, 6) is 0.580. The van der Waals surface area contributed by atoms with Crippen molar-refractivity contribution in [1.82, 2.24) is 9.78 Å². The van der Waals surface area contributed by atoms with Gasteiger partial charge in [-0.15, -0.1) is 0 Å². The first-order valence-electron chi connectivity index (χ1n) is 4.67. The molecule has 1 aromatic carbocycles. The minimum Gasteiger partial charge on any atom is -0.333 e. The van der Waals surface area contributed by atoms with Gasteiger partial charge in [0.2, 0.25) is 0 Å². The maximum atomic E-state index is 10.8. The third kappa shape index (κ3) is 2.00. The van der Waals surface area contributed by atoms with Crippen LogP contribution in [-0.2, 0) is 7.05 Å². The molecule has 6 heteroatoms. The van der Waals surface area contributed by atoms with Crippen LogP contribution in [0.15, 0.2) is 36.5 Å². The molecule has 0 fully saturated rings. The van der Waals surface area contributed by atoms with E-state index in [1.54, 1.807) is 42.2 Å². The van der Waals surface area contributed by atoms with E-state index in [0.29, 0.717) is 11.5 Å². The van der Waals surface area contributed by atoms with E-state index in [2.05, 4.69) is 10.4 Å². The fourth-order valence-corrected chi connectivity index (χ4v) is 1.36. The quantitative estimate of drug-likeness (QED) is 0.632. The topological polar surface area (TPSA) is 73.0 Å². The van der Waals surface area contributed by atoms with Crippen LogP contribution in [0.5, 0.6) is 0 Å². The van der Waals surface area contributed by atoms with Crippen molar-refractivity contribution in [2.45, 2.75) is 0 Å². The molecule has 0 spiro atoms. The first kappa shape index (κ1) is 10.2. The molecule has 2 aromatic rings. The van der Waals surface area contributed by atoms with E-state index in [9.17, 15) is 10.1 Å². The predicted molar refractivity (Wildman–Crippen MR) is 59.6 cm³/mol. The summed E-state index contributed by atoms with van der Waals surface area (Å²) >= 11 is 0. The monoisotopic (exact) mass is 218 g/mol. The van der Waals surface area contributed by atoms with Gasteiger partial charge in [0.05, 0.1) is 4.92 Å². The lowest BCUT2D eigenvalue weighted by Gasteiger charge is -2.03. The fraction of sp³-hybridized carbons (Fsp3) is 0.100. The smallest absolute Gasteiger partial charge is 0.292 e. The molecule has 82 valence electrons. The molecule has 0 amide bonds. The number of nitrogens with zero attached hydrogens (tertiary/aromatic N) is 3. The summed E-state index contributed by atoms with van der Waals surface area (Å²) in [5, 5.41) is 17.7. The van der Waals surface area contributed by atoms with E-state index < -0.39 is 4.92 Å². The number of rotatable bonds is 3. The average Bonchev–Trinajstić information content (AvgIpc) is 2.64. The van der Waals surface area contributed by atoms with Gasteiger partial charge in [-0.3, -0.25) is 14.8 Å². The summed E-state index contributed by atoms with van der Waals surface area (Å²) in [6.07, 6.45) is 1.76. The molecule has 0 aliphatic carbocycles. The number of aryl methyl sites for hydroxylation is 1. The summed E-state index contributed by atoms with van der Waals surface area (Å²) in [5.41, 5.74) is 0.472. The Hall–Kier alpha value is -2.37. The van der Waals surface area contributed by atoms with Gasteiger partial charge in [0, 0.05) is 25.4 Å². The van der Waals surface area contributed by atoms with E-state index in [1.807, 2.05) is 0 Å². The first-order valence-corrected chi connectivity index (χ1v) is 4.67. The Bertz CT molecular complexity index is 521. The van der Waals surface area contributed by atoms with Crippen molar-refractivity contribution in [2.24, 2.45) is 7.05 Å². The van der Waals surface area contributed by atoms with E-state index >= 15 is 0 Å². The maximum absolute atomic E-state index is 10.8. The highest BCUT2D eigenvalue weighted by molar-refractivity contribution is 5.67. The van der Waals surface area contributed by atoms with E-state index in [-0.39, 0.29) is 5.69 Å². The second-order valence-corrected chi connectivity index (χ2v) is 3.27. The van der Waals surface area contributed by atoms with Crippen molar-refractivity contribution in [2.75, 3.05) is 5.32 Å². The van der Waals surface area contributed by atoms with Crippen LogP contribution in [0, 0.1) is 10.1 Å². The molecular weight excluding hydrogens is 208 g/mol. The largest absolute Gasteiger partial charge is 0.333 e. The molecule has 2 rings (SSSR count). The Labute approximate surface area is 91.7 Å². The first-order chi connectivity index (χ1) is 7.66. The van der Waals surface area contributed by atoms with Gasteiger partial charge in [0.25, 0.3) is 5.69 Å². The Morgan fingerprint density at radius 3 is 2.75 bits per heavy atom. The van der Waals surface area contributed by atoms with Gasteiger partial charge in [-0.25, -0.2) is 0 Å². The molecule has 0 unspecified atom stereocenters. The molecule has 0 bridgehead atoms. The molecule has 0 radical (unpaired) electrons. The van der Waals surface area contributed by atoms with Crippen molar-refractivity contribution in [1.29, 1.82) is 0 Å². The highest BCUT2D eigenvalue weighted by Gasteiger charge is 2.12. The molecule has 1 heterocycles. The van der Waals surface area contributed by atoms with Crippen molar-refractivity contribution < 1.29 is 4.92 Å². The lowest BCUT2D eigenvalue weighted by atomic mass is 10.2. The molecule has 0 aliphatic rings. The number of aromatic nitrogens is 2. The molecule has 0 saturated heterocycles. The normalized spacial score (nSPS) is 10.1. The molecule has 0 atom stereocenters. The summed E-state index contributed by atoms with van der Waals surface area (Å²) < 4.78 is 1.62. The summed E-state index contributed by atoms with van der Waals surface area (Å²) in [6, 6.07) is 8.20. The highest BCUT2D eigenvalue weighted by atomic mass is 16.6. The average molecular weight is 218 g/mol. The molecular formula is C10H10N4O2. The van der Waals surface area contributed by atoms with Gasteiger partial charge in [0.15, 0.2) is 5.82 Å². The van der Waals surface area contributed by atoms with Crippen LogP contribution in [0.3, 0.4) is 0 Å². The van der Waals surface area contributed by atoms with E-state index in [0.717, 1.165) is 0 Å². The summed E-state index contributed by atoms with van der Waals surface area (Å²) in [4.78, 5) is 10.3. The SMILES string of the molecule is Cn1ccc(Nc2ccccc2[N+](=O)[O-])n1. The standard InChI is InChI=1S/C10H10N4O2/c1-13-7-6-10(12-13)11-8-4-2-3-5-9(8)14(15)16/h2-7H,1H3,(H,11,12). The minimum absolute atomic E-state index is 0.0353. The van der Waals surface area contributed by atoms with Gasteiger partial charge >= 0.3 is 0 Å². The lowest BCUT2D eigenvalue weighted by Crippen LogP contribution is -1.97. The molecule has 1 N–H and O–H groups in total. The van der Waals surface area contributed by atoms with Gasteiger partial charge < -0.3 is 5.32 Å². The number of nitrogens with one attached hydrogen (secondary N) is 1. The zero-order chi connectivity index (χ0) is 11.5. The summed E-state index contributed by atoms with van der Waals surface area (Å²) in [7, 11) is 1.78. The Kier molecular flexibility index (Phi) is 2.55. The number of hydrogen-bond donors (Lipinski definition) is 1. The molecule has 0 saturated carbocycles. The number of hydrogen-bond acceptors (Lipinski definition) is 4. The zero-order valence-corrected chi connectivity index (χ0v) is 8.62. The summed E-state index contributed by atoms with van der Waals surface area (Å²) in [6.45, 7) is 0. The third-order valence-electron chi connectivity index (χ3n) is 2.08. The van der Waals surface area contributed by atoms with Gasteiger partial charge in [0.1, 0.15) is 5.69 Å². The number of para-hydroxylation sites is 2. The van der Waals surface area contributed by atoms with Crippen LogP contribution >= 0.6 is 0 Å². The van der Waals surface area contributed by atoms with Crippen molar-refractivity contribution in [3.63, 3.8) is 0 Å². The van der Waals surface area contributed by atoms with Gasteiger partial charge in [-0.1, -0.05) is 12.1 Å². The highest BCUT2D eigenvalue weighted by Crippen LogP contribution is 2.25. The third-order valence-corrected chi connectivity index (χ3v) is 2.08. The lowest BCUT2D eigenvalue weighted by molar-refractivity contribution is -0.383. The predicted octanol–water partition coefficient (Wildman–Crippen LogP) is 2.07. The number of benzene rings is 1. The van der Waals surface area contributed by atoms with Crippen LogP contribution in [0.25, 0.3) is 0 Å².